The molecule has 0 spiro atoms. The predicted octanol–water partition coefficient (Wildman–Crippen LogP) is 0.676. The van der Waals surface area contributed by atoms with Crippen molar-refractivity contribution >= 4 is 24.2 Å². The van der Waals surface area contributed by atoms with Crippen molar-refractivity contribution in [3.05, 3.63) is 0 Å². The summed E-state index contributed by atoms with van der Waals surface area (Å²) in [6.07, 6.45) is 3.09. The summed E-state index contributed by atoms with van der Waals surface area (Å²) in [6.45, 7) is 5.77. The molecule has 0 aromatic carbocycles. The number of amides is 2. The molecular formula is C13H24ClN3O2. The molecular weight excluding hydrogens is 266 g/mol. The molecule has 0 radical (unpaired) electrons. The van der Waals surface area contributed by atoms with Gasteiger partial charge in [0.1, 0.15) is 6.04 Å². The average Bonchev–Trinajstić information content (AvgIpc) is 2.71. The van der Waals surface area contributed by atoms with Crippen molar-refractivity contribution in [3.8, 4) is 0 Å². The molecule has 1 unspecified atom stereocenters. The minimum Gasteiger partial charge on any atom is -0.352 e. The van der Waals surface area contributed by atoms with E-state index in [4.69, 9.17) is 0 Å². The van der Waals surface area contributed by atoms with Crippen molar-refractivity contribution in [2.24, 2.45) is 0 Å². The molecule has 19 heavy (non-hydrogen) atoms. The standard InChI is InChI=1S/C13H23N3O2.ClH/c1-9(2)15-13(18)11-3-4-12(17)16(11)10-5-7-14-8-6-10;/h9-11,14H,3-8H2,1-2H3,(H,15,18);1H. The van der Waals surface area contributed by atoms with E-state index in [1.165, 1.54) is 0 Å². The highest BCUT2D eigenvalue weighted by Crippen LogP contribution is 2.25. The largest absolute Gasteiger partial charge is 0.352 e. The number of halogens is 1. The highest BCUT2D eigenvalue weighted by molar-refractivity contribution is 5.91. The van der Waals surface area contributed by atoms with Gasteiger partial charge in [-0.1, -0.05) is 0 Å². The summed E-state index contributed by atoms with van der Waals surface area (Å²) in [6, 6.07) is 0.121. The lowest BCUT2D eigenvalue weighted by Gasteiger charge is -2.35. The normalized spacial score (nSPS) is 24.5. The lowest BCUT2D eigenvalue weighted by molar-refractivity contribution is -0.138. The molecule has 0 aliphatic carbocycles. The summed E-state index contributed by atoms with van der Waals surface area (Å²) >= 11 is 0. The van der Waals surface area contributed by atoms with Gasteiger partial charge < -0.3 is 15.5 Å². The minimum absolute atomic E-state index is 0. The number of carbonyl (C=O) groups is 2. The van der Waals surface area contributed by atoms with E-state index in [1.807, 2.05) is 18.7 Å². The van der Waals surface area contributed by atoms with Crippen LogP contribution in [0.1, 0.15) is 39.5 Å². The van der Waals surface area contributed by atoms with E-state index < -0.39 is 0 Å². The van der Waals surface area contributed by atoms with Crippen LogP contribution in [0.5, 0.6) is 0 Å². The Morgan fingerprint density at radius 2 is 1.95 bits per heavy atom. The zero-order valence-electron chi connectivity index (χ0n) is 11.6. The molecule has 110 valence electrons. The Morgan fingerprint density at radius 1 is 1.32 bits per heavy atom. The predicted molar refractivity (Wildman–Crippen MR) is 76.3 cm³/mol. The number of nitrogens with one attached hydrogen (secondary N) is 2. The second kappa shape index (κ2) is 7.10. The summed E-state index contributed by atoms with van der Waals surface area (Å²) in [5.41, 5.74) is 0. The third-order valence-electron chi connectivity index (χ3n) is 3.69. The third-order valence-corrected chi connectivity index (χ3v) is 3.69. The number of carbonyl (C=O) groups excluding carboxylic acids is 2. The van der Waals surface area contributed by atoms with Crippen LogP contribution in [0.3, 0.4) is 0 Å². The van der Waals surface area contributed by atoms with Gasteiger partial charge >= 0.3 is 0 Å². The first kappa shape index (κ1) is 16.2. The Hall–Kier alpha value is -0.810. The second-order valence-corrected chi connectivity index (χ2v) is 5.50. The van der Waals surface area contributed by atoms with E-state index in [0.717, 1.165) is 25.9 Å². The first-order chi connectivity index (χ1) is 8.59. The summed E-state index contributed by atoms with van der Waals surface area (Å²) < 4.78 is 0. The van der Waals surface area contributed by atoms with Gasteiger partial charge in [0.15, 0.2) is 0 Å². The van der Waals surface area contributed by atoms with Crippen molar-refractivity contribution in [2.45, 2.75) is 57.7 Å². The van der Waals surface area contributed by atoms with E-state index in [-0.39, 0.29) is 42.3 Å². The van der Waals surface area contributed by atoms with Gasteiger partial charge in [-0.15, -0.1) is 12.4 Å². The Morgan fingerprint density at radius 3 is 2.53 bits per heavy atom. The first-order valence-corrected chi connectivity index (χ1v) is 6.92. The van der Waals surface area contributed by atoms with Gasteiger partial charge in [0, 0.05) is 18.5 Å². The van der Waals surface area contributed by atoms with E-state index >= 15 is 0 Å². The average molecular weight is 290 g/mol. The van der Waals surface area contributed by atoms with Gasteiger partial charge in [-0.3, -0.25) is 9.59 Å². The summed E-state index contributed by atoms with van der Waals surface area (Å²) in [4.78, 5) is 26.0. The van der Waals surface area contributed by atoms with Gasteiger partial charge in [0.2, 0.25) is 11.8 Å². The molecule has 0 aromatic heterocycles. The zero-order chi connectivity index (χ0) is 13.1. The van der Waals surface area contributed by atoms with Gasteiger partial charge in [0.05, 0.1) is 0 Å². The monoisotopic (exact) mass is 289 g/mol. The van der Waals surface area contributed by atoms with Gasteiger partial charge in [-0.2, -0.15) is 0 Å². The molecule has 2 fully saturated rings. The fourth-order valence-corrected chi connectivity index (χ4v) is 2.88. The van der Waals surface area contributed by atoms with Crippen LogP contribution in [-0.2, 0) is 9.59 Å². The molecule has 6 heteroatoms. The van der Waals surface area contributed by atoms with E-state index in [0.29, 0.717) is 12.8 Å². The SMILES string of the molecule is CC(C)NC(=O)C1CCC(=O)N1C1CCNCC1.Cl. The van der Waals surface area contributed by atoms with Crippen LogP contribution in [0, 0.1) is 0 Å². The van der Waals surface area contributed by atoms with Gasteiger partial charge in [0.25, 0.3) is 0 Å². The van der Waals surface area contributed by atoms with Gasteiger partial charge in [-0.25, -0.2) is 0 Å². The van der Waals surface area contributed by atoms with Crippen molar-refractivity contribution in [1.29, 1.82) is 0 Å². The Balaban J connectivity index is 0.00000180. The molecule has 1 atom stereocenters. The molecule has 2 aliphatic heterocycles. The van der Waals surface area contributed by atoms with E-state index in [1.54, 1.807) is 0 Å². The molecule has 0 aromatic rings. The number of likely N-dealkylation sites (tertiary alicyclic amines) is 1. The number of piperidine rings is 1. The maximum atomic E-state index is 12.1. The maximum Gasteiger partial charge on any atom is 0.243 e. The molecule has 2 heterocycles. The van der Waals surface area contributed by atoms with Crippen molar-refractivity contribution in [3.63, 3.8) is 0 Å². The van der Waals surface area contributed by atoms with Crippen LogP contribution < -0.4 is 10.6 Å². The van der Waals surface area contributed by atoms with Crippen molar-refractivity contribution in [1.82, 2.24) is 15.5 Å². The van der Waals surface area contributed by atoms with Crippen LogP contribution in [0.15, 0.2) is 0 Å². The number of hydrogen-bond acceptors (Lipinski definition) is 3. The fraction of sp³-hybridized carbons (Fsp3) is 0.846. The topological polar surface area (TPSA) is 61.4 Å². The molecule has 0 saturated carbocycles. The highest BCUT2D eigenvalue weighted by Gasteiger charge is 2.40. The van der Waals surface area contributed by atoms with E-state index in [9.17, 15) is 9.59 Å². The van der Waals surface area contributed by atoms with Gasteiger partial charge in [-0.05, 0) is 46.2 Å². The summed E-state index contributed by atoms with van der Waals surface area (Å²) in [5.74, 6) is 0.153. The zero-order valence-corrected chi connectivity index (χ0v) is 12.5. The Bertz CT molecular complexity index is 330. The van der Waals surface area contributed by atoms with Crippen LogP contribution in [0.4, 0.5) is 0 Å². The molecule has 2 rings (SSSR count). The van der Waals surface area contributed by atoms with Crippen molar-refractivity contribution in [2.75, 3.05) is 13.1 Å². The smallest absolute Gasteiger partial charge is 0.243 e. The number of nitrogens with zero attached hydrogens (tertiary/aromatic N) is 1. The third kappa shape index (κ3) is 3.83. The number of hydrogen-bond donors (Lipinski definition) is 2. The maximum absolute atomic E-state index is 12.1. The summed E-state index contributed by atoms with van der Waals surface area (Å²) in [7, 11) is 0. The molecule has 2 saturated heterocycles. The lowest BCUT2D eigenvalue weighted by atomic mass is 10.0. The molecule has 5 nitrogen and oxygen atoms in total. The molecule has 2 aliphatic rings. The van der Waals surface area contributed by atoms with Crippen molar-refractivity contribution < 1.29 is 9.59 Å². The summed E-state index contributed by atoms with van der Waals surface area (Å²) in [5, 5.41) is 6.22. The van der Waals surface area contributed by atoms with E-state index in [2.05, 4.69) is 10.6 Å². The molecule has 2 N–H and O–H groups in total. The van der Waals surface area contributed by atoms with Crippen LogP contribution >= 0.6 is 12.4 Å². The minimum atomic E-state index is -0.247. The molecule has 2 amide bonds. The highest BCUT2D eigenvalue weighted by atomic mass is 35.5. The second-order valence-electron chi connectivity index (χ2n) is 5.50. The Kier molecular flexibility index (Phi) is 6.07. The lowest BCUT2D eigenvalue weighted by Crippen LogP contribution is -2.53. The Labute approximate surface area is 120 Å². The first-order valence-electron chi connectivity index (χ1n) is 6.92. The fourth-order valence-electron chi connectivity index (χ4n) is 2.88. The molecule has 0 bridgehead atoms. The number of rotatable bonds is 3. The van der Waals surface area contributed by atoms with Crippen LogP contribution in [-0.4, -0.2) is 47.9 Å². The van der Waals surface area contributed by atoms with Crippen LogP contribution in [0.2, 0.25) is 0 Å². The quantitative estimate of drug-likeness (QED) is 0.803. The van der Waals surface area contributed by atoms with Crippen LogP contribution in [0.25, 0.3) is 0 Å².